The normalized spacial score (nSPS) is 13.8. The highest BCUT2D eigenvalue weighted by Crippen LogP contribution is 2.33. The summed E-state index contributed by atoms with van der Waals surface area (Å²) in [5, 5.41) is 6.05. The van der Waals surface area contributed by atoms with Crippen molar-refractivity contribution in [1.82, 2.24) is 14.7 Å². The second-order valence-corrected chi connectivity index (χ2v) is 8.53. The van der Waals surface area contributed by atoms with Gasteiger partial charge in [0.05, 0.1) is 23.7 Å². The van der Waals surface area contributed by atoms with Crippen LogP contribution in [-0.4, -0.2) is 29.0 Å². The van der Waals surface area contributed by atoms with Gasteiger partial charge in [0.2, 0.25) is 5.91 Å². The van der Waals surface area contributed by atoms with E-state index in [9.17, 15) is 13.2 Å². The Hall–Kier alpha value is -2.58. The van der Waals surface area contributed by atoms with Crippen LogP contribution in [0.1, 0.15) is 18.2 Å². The van der Waals surface area contributed by atoms with Gasteiger partial charge >= 0.3 is 0 Å². The first-order chi connectivity index (χ1) is 12.8. The zero-order chi connectivity index (χ0) is 19.3. The molecule has 4 rings (SSSR count). The molecular formula is C18H17ClN4O3S. The van der Waals surface area contributed by atoms with Crippen LogP contribution in [0.15, 0.2) is 41.3 Å². The molecule has 27 heavy (non-hydrogen) atoms. The zero-order valence-corrected chi connectivity index (χ0v) is 16.3. The summed E-state index contributed by atoms with van der Waals surface area (Å²) in [7, 11) is -2.21. The molecule has 2 aromatic carbocycles. The summed E-state index contributed by atoms with van der Waals surface area (Å²) in [6.45, 7) is 2.19. The number of amides is 1. The number of sulfonamides is 1. The lowest BCUT2D eigenvalue weighted by molar-refractivity contribution is -0.129. The summed E-state index contributed by atoms with van der Waals surface area (Å²) < 4.78 is 30.4. The fourth-order valence-corrected chi connectivity index (χ4v) is 4.94. The van der Waals surface area contributed by atoms with Crippen molar-refractivity contribution >= 4 is 44.1 Å². The van der Waals surface area contributed by atoms with Crippen molar-refractivity contribution in [2.24, 2.45) is 7.05 Å². The highest BCUT2D eigenvalue weighted by molar-refractivity contribution is 7.93. The SMILES string of the molecule is CC(=O)N1Cc2nn(C)c(NS(=O)(=O)c3cccc4c(Cl)cccc34)c2C1. The first kappa shape index (κ1) is 17.8. The molecule has 0 bridgehead atoms. The Bertz CT molecular complexity index is 1190. The monoisotopic (exact) mass is 404 g/mol. The number of anilines is 1. The number of fused-ring (bicyclic) bond motifs is 2. The lowest BCUT2D eigenvalue weighted by atomic mass is 10.1. The number of carbonyl (C=O) groups is 1. The summed E-state index contributed by atoms with van der Waals surface area (Å²) in [5.41, 5.74) is 1.42. The average Bonchev–Trinajstić information content (AvgIpc) is 3.14. The number of aryl methyl sites for hydroxylation is 1. The van der Waals surface area contributed by atoms with E-state index >= 15 is 0 Å². The topological polar surface area (TPSA) is 84.3 Å². The smallest absolute Gasteiger partial charge is 0.263 e. The lowest BCUT2D eigenvalue weighted by Crippen LogP contribution is -2.23. The number of carbonyl (C=O) groups excluding carboxylic acids is 1. The number of hydrogen-bond donors (Lipinski definition) is 1. The summed E-state index contributed by atoms with van der Waals surface area (Å²) in [6, 6.07) is 10.1. The van der Waals surface area contributed by atoms with E-state index in [-0.39, 0.29) is 10.8 Å². The molecule has 0 fully saturated rings. The van der Waals surface area contributed by atoms with Crippen molar-refractivity contribution in [3.8, 4) is 0 Å². The number of aromatic nitrogens is 2. The van der Waals surface area contributed by atoms with Gasteiger partial charge in [-0.25, -0.2) is 8.42 Å². The van der Waals surface area contributed by atoms with E-state index in [2.05, 4.69) is 9.82 Å². The van der Waals surface area contributed by atoms with Gasteiger partial charge < -0.3 is 4.90 Å². The lowest BCUT2D eigenvalue weighted by Gasteiger charge is -2.15. The van der Waals surface area contributed by atoms with Gasteiger partial charge in [-0.15, -0.1) is 0 Å². The molecule has 140 valence electrons. The Balaban J connectivity index is 1.77. The minimum absolute atomic E-state index is 0.0758. The van der Waals surface area contributed by atoms with E-state index < -0.39 is 10.0 Å². The molecule has 0 radical (unpaired) electrons. The van der Waals surface area contributed by atoms with Crippen LogP contribution >= 0.6 is 11.6 Å². The van der Waals surface area contributed by atoms with Crippen molar-refractivity contribution in [3.63, 3.8) is 0 Å². The van der Waals surface area contributed by atoms with Crippen molar-refractivity contribution < 1.29 is 13.2 Å². The van der Waals surface area contributed by atoms with Gasteiger partial charge in [-0.05, 0) is 12.1 Å². The largest absolute Gasteiger partial charge is 0.332 e. The molecule has 1 aromatic heterocycles. The van der Waals surface area contributed by atoms with Crippen LogP contribution in [0.4, 0.5) is 5.82 Å². The first-order valence-corrected chi connectivity index (χ1v) is 10.1. The van der Waals surface area contributed by atoms with E-state index in [0.717, 1.165) is 5.56 Å². The maximum absolute atomic E-state index is 13.1. The van der Waals surface area contributed by atoms with E-state index in [4.69, 9.17) is 11.6 Å². The molecule has 0 saturated carbocycles. The Morgan fingerprint density at radius 3 is 2.59 bits per heavy atom. The first-order valence-electron chi connectivity index (χ1n) is 8.28. The van der Waals surface area contributed by atoms with Crippen LogP contribution in [0.3, 0.4) is 0 Å². The Morgan fingerprint density at radius 2 is 1.85 bits per heavy atom. The predicted octanol–water partition coefficient (Wildman–Crippen LogP) is 2.89. The number of nitrogens with one attached hydrogen (secondary N) is 1. The van der Waals surface area contributed by atoms with Gasteiger partial charge in [0.25, 0.3) is 10.0 Å². The van der Waals surface area contributed by atoms with Crippen LogP contribution in [0.5, 0.6) is 0 Å². The number of benzene rings is 2. The van der Waals surface area contributed by atoms with Gasteiger partial charge in [-0.1, -0.05) is 35.9 Å². The van der Waals surface area contributed by atoms with E-state index in [0.29, 0.717) is 40.4 Å². The number of nitrogens with zero attached hydrogens (tertiary/aromatic N) is 3. The summed E-state index contributed by atoms with van der Waals surface area (Å²) >= 11 is 6.20. The molecule has 0 aliphatic carbocycles. The second-order valence-electron chi connectivity index (χ2n) is 6.47. The van der Waals surface area contributed by atoms with Gasteiger partial charge in [0.1, 0.15) is 5.82 Å². The van der Waals surface area contributed by atoms with Crippen LogP contribution in [0.25, 0.3) is 10.8 Å². The van der Waals surface area contributed by atoms with Crippen LogP contribution in [0, 0.1) is 0 Å². The number of hydrogen-bond acceptors (Lipinski definition) is 4. The van der Waals surface area contributed by atoms with E-state index in [1.165, 1.54) is 11.6 Å². The van der Waals surface area contributed by atoms with Crippen molar-refractivity contribution in [2.75, 3.05) is 4.72 Å². The molecule has 1 N–H and O–H groups in total. The zero-order valence-electron chi connectivity index (χ0n) is 14.7. The molecule has 2 heterocycles. The third-order valence-corrected chi connectivity index (χ3v) is 6.44. The minimum atomic E-state index is -3.88. The third-order valence-electron chi connectivity index (χ3n) is 4.71. The second kappa shape index (κ2) is 6.24. The third kappa shape index (κ3) is 2.94. The summed E-state index contributed by atoms with van der Waals surface area (Å²) in [4.78, 5) is 13.4. The van der Waals surface area contributed by atoms with Crippen molar-refractivity contribution in [1.29, 1.82) is 0 Å². The fourth-order valence-electron chi connectivity index (χ4n) is 3.35. The highest BCUT2D eigenvalue weighted by atomic mass is 35.5. The Kier molecular flexibility index (Phi) is 4.12. The fraction of sp³-hybridized carbons (Fsp3) is 0.222. The maximum atomic E-state index is 13.1. The van der Waals surface area contributed by atoms with E-state index in [1.54, 1.807) is 48.3 Å². The van der Waals surface area contributed by atoms with Crippen LogP contribution in [-0.2, 0) is 35.0 Å². The van der Waals surface area contributed by atoms with Gasteiger partial charge in [-0.3, -0.25) is 14.2 Å². The van der Waals surface area contributed by atoms with Gasteiger partial charge in [-0.2, -0.15) is 5.10 Å². The Labute approximate surface area is 161 Å². The minimum Gasteiger partial charge on any atom is -0.332 e. The van der Waals surface area contributed by atoms with Crippen LogP contribution < -0.4 is 4.72 Å². The molecule has 0 unspecified atom stereocenters. The van der Waals surface area contributed by atoms with E-state index in [1.807, 2.05) is 0 Å². The molecule has 1 aliphatic rings. The molecule has 7 nitrogen and oxygen atoms in total. The van der Waals surface area contributed by atoms with Crippen LogP contribution in [0.2, 0.25) is 5.02 Å². The quantitative estimate of drug-likeness (QED) is 0.727. The maximum Gasteiger partial charge on any atom is 0.263 e. The molecular weight excluding hydrogens is 388 g/mol. The average molecular weight is 405 g/mol. The summed E-state index contributed by atoms with van der Waals surface area (Å²) in [6.07, 6.45) is 0. The number of rotatable bonds is 3. The molecule has 0 spiro atoms. The van der Waals surface area contributed by atoms with Gasteiger partial charge in [0, 0.05) is 35.3 Å². The molecule has 1 amide bonds. The summed E-state index contributed by atoms with van der Waals surface area (Å²) in [5.74, 6) is 0.293. The molecule has 0 atom stereocenters. The molecule has 3 aromatic rings. The number of halogens is 1. The molecule has 1 aliphatic heterocycles. The molecule has 0 saturated heterocycles. The van der Waals surface area contributed by atoms with Crippen molar-refractivity contribution in [2.45, 2.75) is 24.9 Å². The van der Waals surface area contributed by atoms with Gasteiger partial charge in [0.15, 0.2) is 0 Å². The standard InChI is InChI=1S/C18H17ClN4O3S/c1-11(24)23-9-14-16(10-23)20-22(2)18(14)21-27(25,26)17-8-4-5-12-13(17)6-3-7-15(12)19/h3-8,21H,9-10H2,1-2H3. The Morgan fingerprint density at radius 1 is 1.15 bits per heavy atom. The molecule has 9 heteroatoms. The predicted molar refractivity (Wildman–Crippen MR) is 103 cm³/mol. The highest BCUT2D eigenvalue weighted by Gasteiger charge is 2.30. The van der Waals surface area contributed by atoms with Crippen molar-refractivity contribution in [3.05, 3.63) is 52.7 Å².